The first kappa shape index (κ1) is 8.91. The zero-order valence-electron chi connectivity index (χ0n) is 7.72. The van der Waals surface area contributed by atoms with Gasteiger partial charge in [0.25, 0.3) is 0 Å². The van der Waals surface area contributed by atoms with Crippen LogP contribution in [0.4, 0.5) is 0 Å². The standard InChI is InChI=1S/C10H13NO/c1-7-4-5-10(6-11-12)9(3)8(7)2/h4-5H,6H2,1-3H3. The van der Waals surface area contributed by atoms with E-state index in [1.54, 1.807) is 0 Å². The maximum Gasteiger partial charge on any atom is 0.106 e. The van der Waals surface area contributed by atoms with E-state index >= 15 is 0 Å². The van der Waals surface area contributed by atoms with Gasteiger partial charge < -0.3 is 0 Å². The van der Waals surface area contributed by atoms with Gasteiger partial charge in [0.1, 0.15) is 6.54 Å². The van der Waals surface area contributed by atoms with Gasteiger partial charge in [0.2, 0.25) is 0 Å². The molecule has 12 heavy (non-hydrogen) atoms. The lowest BCUT2D eigenvalue weighted by Crippen LogP contribution is -1.92. The zero-order valence-corrected chi connectivity index (χ0v) is 7.72. The number of nitroso groups, excluding NO2 is 1. The molecule has 0 bridgehead atoms. The van der Waals surface area contributed by atoms with Gasteiger partial charge >= 0.3 is 0 Å². The second-order valence-corrected chi connectivity index (χ2v) is 3.08. The van der Waals surface area contributed by atoms with Crippen LogP contribution in [0.5, 0.6) is 0 Å². The Morgan fingerprint density at radius 1 is 1.17 bits per heavy atom. The molecule has 0 aliphatic rings. The molecule has 0 amide bonds. The molecule has 0 fully saturated rings. The highest BCUT2D eigenvalue weighted by Crippen LogP contribution is 2.17. The van der Waals surface area contributed by atoms with Crippen LogP contribution in [0.3, 0.4) is 0 Å². The molecule has 64 valence electrons. The lowest BCUT2D eigenvalue weighted by molar-refractivity contribution is 1.02. The van der Waals surface area contributed by atoms with Crippen molar-refractivity contribution >= 4 is 0 Å². The molecule has 0 aliphatic heterocycles. The maximum absolute atomic E-state index is 10.1. The average molecular weight is 163 g/mol. The van der Waals surface area contributed by atoms with Crippen LogP contribution in [-0.2, 0) is 6.54 Å². The molecule has 0 atom stereocenters. The molecular formula is C10H13NO. The van der Waals surface area contributed by atoms with Gasteiger partial charge in [0.15, 0.2) is 0 Å². The van der Waals surface area contributed by atoms with Crippen LogP contribution in [0.15, 0.2) is 17.3 Å². The molecule has 1 aromatic rings. The molecule has 0 spiro atoms. The molecule has 0 unspecified atom stereocenters. The summed E-state index contributed by atoms with van der Waals surface area (Å²) < 4.78 is 0. The van der Waals surface area contributed by atoms with Gasteiger partial charge in [0.05, 0.1) is 0 Å². The highest BCUT2D eigenvalue weighted by molar-refractivity contribution is 5.38. The molecule has 0 radical (unpaired) electrons. The summed E-state index contributed by atoms with van der Waals surface area (Å²) in [6.45, 7) is 6.45. The van der Waals surface area contributed by atoms with Gasteiger partial charge in [-0.25, -0.2) is 0 Å². The Morgan fingerprint density at radius 2 is 1.83 bits per heavy atom. The second kappa shape index (κ2) is 3.48. The number of benzene rings is 1. The van der Waals surface area contributed by atoms with Crippen molar-refractivity contribution in [1.29, 1.82) is 0 Å². The highest BCUT2D eigenvalue weighted by atomic mass is 16.3. The summed E-state index contributed by atoms with van der Waals surface area (Å²) in [4.78, 5) is 10.1. The molecule has 1 aromatic carbocycles. The smallest absolute Gasteiger partial charge is 0.106 e. The third-order valence-electron chi connectivity index (χ3n) is 2.41. The zero-order chi connectivity index (χ0) is 9.14. The van der Waals surface area contributed by atoms with Crippen molar-refractivity contribution in [2.24, 2.45) is 5.18 Å². The molecule has 0 aromatic heterocycles. The topological polar surface area (TPSA) is 29.4 Å². The Morgan fingerprint density at radius 3 is 2.42 bits per heavy atom. The molecule has 0 heterocycles. The van der Waals surface area contributed by atoms with Gasteiger partial charge in [-0.3, -0.25) is 0 Å². The molecule has 1 rings (SSSR count). The summed E-state index contributed by atoms with van der Waals surface area (Å²) in [6, 6.07) is 4.00. The first-order valence-electron chi connectivity index (χ1n) is 4.01. The summed E-state index contributed by atoms with van der Waals surface area (Å²) in [5.41, 5.74) is 4.75. The molecule has 0 aliphatic carbocycles. The number of rotatable bonds is 2. The van der Waals surface area contributed by atoms with Gasteiger partial charge in [-0.05, 0) is 43.0 Å². The van der Waals surface area contributed by atoms with Gasteiger partial charge in [0, 0.05) is 0 Å². The van der Waals surface area contributed by atoms with Crippen LogP contribution in [0.2, 0.25) is 0 Å². The van der Waals surface area contributed by atoms with E-state index in [1.165, 1.54) is 16.7 Å². The molecule has 2 heteroatoms. The van der Waals surface area contributed by atoms with E-state index in [2.05, 4.69) is 19.0 Å². The third kappa shape index (κ3) is 1.52. The van der Waals surface area contributed by atoms with Crippen molar-refractivity contribution in [3.63, 3.8) is 0 Å². The van der Waals surface area contributed by atoms with E-state index in [0.29, 0.717) is 0 Å². The molecule has 0 N–H and O–H groups in total. The Hall–Kier alpha value is -1.18. The summed E-state index contributed by atoms with van der Waals surface area (Å²) in [5, 5.41) is 2.89. The van der Waals surface area contributed by atoms with Crippen molar-refractivity contribution in [1.82, 2.24) is 0 Å². The fourth-order valence-electron chi connectivity index (χ4n) is 1.25. The van der Waals surface area contributed by atoms with Crippen molar-refractivity contribution in [2.45, 2.75) is 27.3 Å². The molecule has 0 saturated heterocycles. The second-order valence-electron chi connectivity index (χ2n) is 3.08. The van der Waals surface area contributed by atoms with E-state index in [0.717, 1.165) is 5.56 Å². The van der Waals surface area contributed by atoms with Crippen molar-refractivity contribution in [2.75, 3.05) is 0 Å². The fraction of sp³-hybridized carbons (Fsp3) is 0.400. The lowest BCUT2D eigenvalue weighted by atomic mass is 9.99. The van der Waals surface area contributed by atoms with Gasteiger partial charge in [-0.2, -0.15) is 4.91 Å². The third-order valence-corrected chi connectivity index (χ3v) is 2.41. The van der Waals surface area contributed by atoms with E-state index in [4.69, 9.17) is 0 Å². The van der Waals surface area contributed by atoms with Crippen LogP contribution < -0.4 is 0 Å². The van der Waals surface area contributed by atoms with Gasteiger partial charge in [-0.1, -0.05) is 17.3 Å². The minimum Gasteiger partial charge on any atom is -0.150 e. The Balaban J connectivity index is 3.16. The Bertz CT molecular complexity index is 305. The minimum atomic E-state index is 0.285. The number of aryl methyl sites for hydroxylation is 1. The summed E-state index contributed by atoms with van der Waals surface area (Å²) in [6.07, 6.45) is 0. The predicted octanol–water partition coefficient (Wildman–Crippen LogP) is 2.88. The largest absolute Gasteiger partial charge is 0.150 e. The quantitative estimate of drug-likeness (QED) is 0.616. The van der Waals surface area contributed by atoms with Crippen LogP contribution >= 0.6 is 0 Å². The predicted molar refractivity (Wildman–Crippen MR) is 50.2 cm³/mol. The average Bonchev–Trinajstić information content (AvgIpc) is 2.07. The minimum absolute atomic E-state index is 0.285. The summed E-state index contributed by atoms with van der Waals surface area (Å²) in [5.74, 6) is 0. The maximum atomic E-state index is 10.1. The normalized spacial score (nSPS) is 9.92. The van der Waals surface area contributed by atoms with E-state index in [-0.39, 0.29) is 6.54 Å². The Kier molecular flexibility index (Phi) is 2.58. The van der Waals surface area contributed by atoms with Crippen molar-refractivity contribution in [3.05, 3.63) is 39.3 Å². The first-order valence-corrected chi connectivity index (χ1v) is 4.01. The van der Waals surface area contributed by atoms with Crippen molar-refractivity contribution < 1.29 is 0 Å². The lowest BCUT2D eigenvalue weighted by Gasteiger charge is -2.07. The van der Waals surface area contributed by atoms with Gasteiger partial charge in [-0.15, -0.1) is 0 Å². The SMILES string of the molecule is Cc1ccc(CN=O)c(C)c1C. The number of hydrogen-bond acceptors (Lipinski definition) is 2. The number of nitrogens with zero attached hydrogens (tertiary/aromatic N) is 1. The van der Waals surface area contributed by atoms with Crippen LogP contribution in [0.25, 0.3) is 0 Å². The highest BCUT2D eigenvalue weighted by Gasteiger charge is 2.02. The summed E-state index contributed by atoms with van der Waals surface area (Å²) >= 11 is 0. The fourth-order valence-corrected chi connectivity index (χ4v) is 1.25. The van der Waals surface area contributed by atoms with Crippen LogP contribution in [0, 0.1) is 25.7 Å². The Labute approximate surface area is 72.6 Å². The molecule has 0 saturated carbocycles. The first-order chi connectivity index (χ1) is 5.66. The molecule has 2 nitrogen and oxygen atoms in total. The van der Waals surface area contributed by atoms with Crippen LogP contribution in [0.1, 0.15) is 22.3 Å². The van der Waals surface area contributed by atoms with Crippen LogP contribution in [-0.4, -0.2) is 0 Å². The monoisotopic (exact) mass is 163 g/mol. The van der Waals surface area contributed by atoms with E-state index in [1.807, 2.05) is 19.1 Å². The van der Waals surface area contributed by atoms with Crippen molar-refractivity contribution in [3.8, 4) is 0 Å². The van der Waals surface area contributed by atoms with E-state index < -0.39 is 0 Å². The number of hydrogen-bond donors (Lipinski definition) is 0. The molecular weight excluding hydrogens is 150 g/mol. The summed E-state index contributed by atoms with van der Waals surface area (Å²) in [7, 11) is 0. The van der Waals surface area contributed by atoms with E-state index in [9.17, 15) is 4.91 Å².